The molecule has 1 N–H and O–H groups in total. The Morgan fingerprint density at radius 2 is 2.08 bits per heavy atom. The number of pyridine rings is 1. The summed E-state index contributed by atoms with van der Waals surface area (Å²) >= 11 is 3.48. The summed E-state index contributed by atoms with van der Waals surface area (Å²) in [5.74, 6) is -1.01. The van der Waals surface area contributed by atoms with Gasteiger partial charge in [-0.25, -0.2) is 0 Å². The van der Waals surface area contributed by atoms with Gasteiger partial charge in [0.15, 0.2) is 0 Å². The molecule has 1 aliphatic heterocycles. The number of halogens is 1. The lowest BCUT2D eigenvalue weighted by molar-refractivity contribution is -0.143. The number of hydrogen-bond acceptors (Lipinski definition) is 3. The fourth-order valence-electron chi connectivity index (χ4n) is 3.41. The van der Waals surface area contributed by atoms with Crippen LogP contribution in [-0.2, 0) is 4.79 Å². The van der Waals surface area contributed by atoms with Crippen LogP contribution in [0.15, 0.2) is 47.1 Å². The Balaban J connectivity index is 2.00. The van der Waals surface area contributed by atoms with Gasteiger partial charge in [-0.1, -0.05) is 34.1 Å². The van der Waals surface area contributed by atoms with Crippen LogP contribution in [0.1, 0.15) is 35.7 Å². The van der Waals surface area contributed by atoms with E-state index in [1.54, 1.807) is 0 Å². The highest BCUT2D eigenvalue weighted by Crippen LogP contribution is 2.33. The zero-order chi connectivity index (χ0) is 17.1. The van der Waals surface area contributed by atoms with Crippen molar-refractivity contribution < 1.29 is 9.90 Å². The number of aromatic nitrogens is 1. The third-order valence-corrected chi connectivity index (χ3v) is 5.19. The van der Waals surface area contributed by atoms with Gasteiger partial charge in [-0.05, 0) is 55.6 Å². The molecule has 2 unspecified atom stereocenters. The highest BCUT2D eigenvalue weighted by Gasteiger charge is 2.32. The molecule has 4 nitrogen and oxygen atoms in total. The van der Waals surface area contributed by atoms with Crippen molar-refractivity contribution in [3.8, 4) is 0 Å². The number of aryl methyl sites for hydroxylation is 1. The van der Waals surface area contributed by atoms with Crippen LogP contribution >= 0.6 is 15.9 Å². The van der Waals surface area contributed by atoms with Crippen molar-refractivity contribution in [2.24, 2.45) is 5.92 Å². The van der Waals surface area contributed by atoms with E-state index in [2.05, 4.69) is 50.9 Å². The van der Waals surface area contributed by atoms with E-state index in [1.165, 1.54) is 0 Å². The number of nitrogens with zero attached hydrogens (tertiary/aromatic N) is 2. The average Bonchev–Trinajstić information content (AvgIpc) is 2.59. The van der Waals surface area contributed by atoms with Crippen LogP contribution in [0, 0.1) is 12.8 Å². The zero-order valence-electron chi connectivity index (χ0n) is 13.7. The monoisotopic (exact) mass is 388 g/mol. The van der Waals surface area contributed by atoms with Crippen LogP contribution in [0.4, 0.5) is 0 Å². The van der Waals surface area contributed by atoms with Crippen LogP contribution in [0.25, 0.3) is 0 Å². The molecule has 0 bridgehead atoms. The summed E-state index contributed by atoms with van der Waals surface area (Å²) in [6.45, 7) is 3.51. The van der Waals surface area contributed by atoms with Crippen molar-refractivity contribution in [1.82, 2.24) is 9.88 Å². The van der Waals surface area contributed by atoms with E-state index >= 15 is 0 Å². The highest BCUT2D eigenvalue weighted by molar-refractivity contribution is 9.10. The van der Waals surface area contributed by atoms with Crippen molar-refractivity contribution >= 4 is 21.9 Å². The van der Waals surface area contributed by atoms with Gasteiger partial charge in [-0.2, -0.15) is 0 Å². The summed E-state index contributed by atoms with van der Waals surface area (Å²) in [4.78, 5) is 18.3. The van der Waals surface area contributed by atoms with Gasteiger partial charge in [-0.3, -0.25) is 14.7 Å². The first-order chi connectivity index (χ1) is 11.6. The predicted octanol–water partition coefficient (Wildman–Crippen LogP) is 4.04. The molecular weight excluding hydrogens is 368 g/mol. The molecule has 0 amide bonds. The predicted molar refractivity (Wildman–Crippen MR) is 96.9 cm³/mol. The first-order valence-electron chi connectivity index (χ1n) is 8.20. The molecule has 0 aliphatic carbocycles. The van der Waals surface area contributed by atoms with E-state index in [0.29, 0.717) is 6.54 Å². The number of carboxylic acids is 1. The van der Waals surface area contributed by atoms with Gasteiger partial charge in [-0.15, -0.1) is 0 Å². The molecule has 2 aromatic rings. The molecule has 5 heteroatoms. The van der Waals surface area contributed by atoms with E-state index in [-0.39, 0.29) is 12.0 Å². The summed E-state index contributed by atoms with van der Waals surface area (Å²) in [5.41, 5.74) is 3.28. The van der Waals surface area contributed by atoms with Crippen LogP contribution in [0.2, 0.25) is 0 Å². The van der Waals surface area contributed by atoms with E-state index in [1.807, 2.05) is 24.4 Å². The Bertz CT molecular complexity index is 718. The second kappa shape index (κ2) is 7.45. The Morgan fingerprint density at radius 3 is 2.75 bits per heavy atom. The van der Waals surface area contributed by atoms with Gasteiger partial charge >= 0.3 is 5.97 Å². The lowest BCUT2D eigenvalue weighted by Crippen LogP contribution is -2.41. The summed E-state index contributed by atoms with van der Waals surface area (Å²) in [5, 5.41) is 9.42. The van der Waals surface area contributed by atoms with Crippen molar-refractivity contribution in [3.63, 3.8) is 0 Å². The van der Waals surface area contributed by atoms with Crippen LogP contribution in [0.3, 0.4) is 0 Å². The minimum atomic E-state index is -0.702. The third-order valence-electron chi connectivity index (χ3n) is 4.66. The first kappa shape index (κ1) is 17.1. The van der Waals surface area contributed by atoms with Crippen LogP contribution in [-0.4, -0.2) is 34.0 Å². The molecule has 24 heavy (non-hydrogen) atoms. The minimum Gasteiger partial charge on any atom is -0.481 e. The van der Waals surface area contributed by atoms with E-state index in [4.69, 9.17) is 0 Å². The van der Waals surface area contributed by atoms with Crippen molar-refractivity contribution in [2.45, 2.75) is 25.8 Å². The normalized spacial score (nSPS) is 19.8. The van der Waals surface area contributed by atoms with Gasteiger partial charge in [0.2, 0.25) is 0 Å². The van der Waals surface area contributed by atoms with E-state index in [0.717, 1.165) is 40.7 Å². The molecular formula is C19H21BrN2O2. The van der Waals surface area contributed by atoms with Gasteiger partial charge in [0, 0.05) is 17.2 Å². The molecule has 1 saturated heterocycles. The molecule has 2 heterocycles. The molecule has 2 atom stereocenters. The molecule has 0 saturated carbocycles. The molecule has 0 spiro atoms. The summed E-state index contributed by atoms with van der Waals surface area (Å²) in [7, 11) is 0. The summed E-state index contributed by atoms with van der Waals surface area (Å²) in [6.07, 6.45) is 3.46. The van der Waals surface area contributed by atoms with Gasteiger partial charge in [0.1, 0.15) is 0 Å². The van der Waals surface area contributed by atoms with Crippen LogP contribution < -0.4 is 0 Å². The maximum Gasteiger partial charge on any atom is 0.307 e. The third kappa shape index (κ3) is 3.68. The zero-order valence-corrected chi connectivity index (χ0v) is 15.2. The quantitative estimate of drug-likeness (QED) is 0.858. The summed E-state index contributed by atoms with van der Waals surface area (Å²) in [6, 6.07) is 12.2. The molecule has 1 aliphatic rings. The van der Waals surface area contributed by atoms with Crippen molar-refractivity contribution in [2.75, 3.05) is 13.1 Å². The molecule has 1 fully saturated rings. The molecule has 0 radical (unpaired) electrons. The smallest absolute Gasteiger partial charge is 0.307 e. The van der Waals surface area contributed by atoms with E-state index < -0.39 is 5.97 Å². The Morgan fingerprint density at radius 1 is 1.33 bits per heavy atom. The number of rotatable bonds is 4. The Hall–Kier alpha value is -1.72. The second-order valence-corrected chi connectivity index (χ2v) is 7.25. The van der Waals surface area contributed by atoms with Gasteiger partial charge in [0.25, 0.3) is 0 Å². The number of hydrogen-bond donors (Lipinski definition) is 1. The number of piperidine rings is 1. The molecule has 1 aromatic heterocycles. The van der Waals surface area contributed by atoms with E-state index in [9.17, 15) is 9.90 Å². The largest absolute Gasteiger partial charge is 0.481 e. The number of aliphatic carboxylic acids is 1. The fourth-order valence-corrected chi connectivity index (χ4v) is 3.68. The second-order valence-electron chi connectivity index (χ2n) is 6.33. The maximum atomic E-state index is 11.5. The lowest BCUT2D eigenvalue weighted by atomic mass is 9.92. The SMILES string of the molecule is Cc1cccnc1C(c1ccc(Br)cc1)N1CCCC(C(=O)O)C1. The molecule has 1 aromatic carbocycles. The molecule has 3 rings (SSSR count). The van der Waals surface area contributed by atoms with Crippen LogP contribution in [0.5, 0.6) is 0 Å². The first-order valence-corrected chi connectivity index (χ1v) is 8.99. The number of likely N-dealkylation sites (tertiary alicyclic amines) is 1. The number of carboxylic acid groups (broad SMARTS) is 1. The number of carbonyl (C=O) groups is 1. The number of benzene rings is 1. The summed E-state index contributed by atoms with van der Waals surface area (Å²) < 4.78 is 1.03. The topological polar surface area (TPSA) is 53.4 Å². The van der Waals surface area contributed by atoms with Gasteiger partial charge in [0.05, 0.1) is 17.7 Å². The average molecular weight is 389 g/mol. The Labute approximate surface area is 150 Å². The Kier molecular flexibility index (Phi) is 5.31. The van der Waals surface area contributed by atoms with Gasteiger partial charge < -0.3 is 5.11 Å². The lowest BCUT2D eigenvalue weighted by Gasteiger charge is -2.37. The fraction of sp³-hybridized carbons (Fsp3) is 0.368. The molecule has 126 valence electrons. The van der Waals surface area contributed by atoms with Crippen molar-refractivity contribution in [1.29, 1.82) is 0 Å². The highest BCUT2D eigenvalue weighted by atomic mass is 79.9. The van der Waals surface area contributed by atoms with Crippen molar-refractivity contribution in [3.05, 3.63) is 63.9 Å². The maximum absolute atomic E-state index is 11.5. The standard InChI is InChI=1S/C19H21BrN2O2/c1-13-4-2-10-21-17(13)18(14-6-8-16(20)9-7-14)22-11-3-5-15(12-22)19(23)24/h2,4,6-10,15,18H,3,5,11-12H2,1H3,(H,23,24). The minimum absolute atomic E-state index is 0.0125.